The van der Waals surface area contributed by atoms with Crippen LogP contribution >= 0.6 is 36.1 Å². The fourth-order valence-corrected chi connectivity index (χ4v) is 9.78. The van der Waals surface area contributed by atoms with E-state index in [2.05, 4.69) is 182 Å². The van der Waals surface area contributed by atoms with Crippen LogP contribution in [0.3, 0.4) is 0 Å². The van der Waals surface area contributed by atoms with Crippen molar-refractivity contribution in [3.05, 3.63) is 182 Å². The Morgan fingerprint density at radius 1 is 0.268 bits per heavy atom. The van der Waals surface area contributed by atoms with Gasteiger partial charge >= 0.3 is 33.2 Å². The van der Waals surface area contributed by atoms with E-state index in [9.17, 15) is 0 Å². The first-order valence-corrected chi connectivity index (χ1v) is 19.1. The molecule has 6 aromatic carbocycles. The SMILES string of the molecule is [Cl][Co][Cl].c1ccc([PH+](c2ccccc2)c2ccccc2)cc1.c1ccc([PH+](c2ccccc2)c2ccccc2)cc1. The molecule has 0 unspecified atom stereocenters. The molecule has 0 aliphatic heterocycles. The number of benzene rings is 6. The van der Waals surface area contributed by atoms with Crippen molar-refractivity contribution in [1.82, 2.24) is 0 Å². The third-order valence-electron chi connectivity index (χ3n) is 6.37. The summed E-state index contributed by atoms with van der Waals surface area (Å²) >= 11 is 0.382. The second kappa shape index (κ2) is 17.9. The predicted molar refractivity (Wildman–Crippen MR) is 185 cm³/mol. The minimum Gasteiger partial charge on any atom is -0.0620 e. The third-order valence-corrected chi connectivity index (χ3v) is 11.8. The fourth-order valence-electron chi connectivity index (χ4n) is 4.63. The monoisotopic (exact) mass is 655 g/mol. The topological polar surface area (TPSA) is 0 Å². The Kier molecular flexibility index (Phi) is 13.7. The Bertz CT molecular complexity index is 1200. The van der Waals surface area contributed by atoms with E-state index in [1.165, 1.54) is 31.8 Å². The molecule has 207 valence electrons. The van der Waals surface area contributed by atoms with Crippen LogP contribution in [0.25, 0.3) is 0 Å². The van der Waals surface area contributed by atoms with E-state index in [-0.39, 0.29) is 0 Å². The predicted octanol–water partition coefficient (Wildman–Crippen LogP) is 7.73. The molecule has 0 saturated heterocycles. The summed E-state index contributed by atoms with van der Waals surface area (Å²) in [4.78, 5) is 0. The van der Waals surface area contributed by atoms with Gasteiger partial charge in [0.05, 0.1) is 15.8 Å². The summed E-state index contributed by atoms with van der Waals surface area (Å²) in [5.74, 6) is 0. The molecule has 0 aliphatic rings. The second-order valence-electron chi connectivity index (χ2n) is 8.99. The van der Waals surface area contributed by atoms with Crippen molar-refractivity contribution in [2.24, 2.45) is 0 Å². The molecule has 0 heterocycles. The Labute approximate surface area is 261 Å². The van der Waals surface area contributed by atoms with Gasteiger partial charge in [-0.2, -0.15) is 0 Å². The van der Waals surface area contributed by atoms with Gasteiger partial charge < -0.3 is 0 Å². The van der Waals surface area contributed by atoms with Crippen molar-refractivity contribution in [3.8, 4) is 0 Å². The maximum absolute atomic E-state index is 4.73. The zero-order chi connectivity index (χ0) is 28.5. The molecule has 0 spiro atoms. The largest absolute Gasteiger partial charge is 0.102 e. The number of rotatable bonds is 6. The van der Waals surface area contributed by atoms with Gasteiger partial charge in [-0.25, -0.2) is 0 Å². The van der Waals surface area contributed by atoms with Crippen molar-refractivity contribution < 1.29 is 12.9 Å². The molecule has 0 saturated carbocycles. The van der Waals surface area contributed by atoms with Crippen molar-refractivity contribution in [3.63, 3.8) is 0 Å². The molecule has 6 rings (SSSR count). The van der Waals surface area contributed by atoms with Gasteiger partial charge in [-0.05, 0) is 72.8 Å². The van der Waals surface area contributed by atoms with Crippen LogP contribution in [0.5, 0.6) is 0 Å². The Morgan fingerprint density at radius 3 is 0.512 bits per heavy atom. The van der Waals surface area contributed by atoms with Crippen LogP contribution in [-0.2, 0) is 12.9 Å². The summed E-state index contributed by atoms with van der Waals surface area (Å²) < 4.78 is 0. The molecule has 0 aromatic heterocycles. The van der Waals surface area contributed by atoms with Gasteiger partial charge in [0, 0.05) is 0 Å². The van der Waals surface area contributed by atoms with Crippen molar-refractivity contribution in [2.75, 3.05) is 0 Å². The molecule has 0 bridgehead atoms. The summed E-state index contributed by atoms with van der Waals surface area (Å²) in [7, 11) is 7.71. The van der Waals surface area contributed by atoms with Crippen molar-refractivity contribution in [2.45, 2.75) is 0 Å². The van der Waals surface area contributed by atoms with Crippen LogP contribution in [0.2, 0.25) is 0 Å². The molecule has 0 amide bonds. The average molecular weight is 656 g/mol. The van der Waals surface area contributed by atoms with E-state index < -0.39 is 15.8 Å². The smallest absolute Gasteiger partial charge is 0.0620 e. The number of hydrogen-bond donors (Lipinski definition) is 0. The molecule has 0 aliphatic carbocycles. The van der Waals surface area contributed by atoms with Crippen LogP contribution < -0.4 is 31.8 Å². The first-order chi connectivity index (χ1) is 20.3. The zero-order valence-electron chi connectivity index (χ0n) is 22.4. The molecule has 0 radical (unpaired) electrons. The molecule has 0 nitrogen and oxygen atoms in total. The molecule has 0 N–H and O–H groups in total. The molecule has 6 aromatic rings. The van der Waals surface area contributed by atoms with Gasteiger partial charge in [0.15, 0.2) is 0 Å². The molecule has 0 fully saturated rings. The van der Waals surface area contributed by atoms with E-state index in [0.29, 0.717) is 12.9 Å². The third kappa shape index (κ3) is 9.66. The van der Waals surface area contributed by atoms with Crippen molar-refractivity contribution >= 4 is 68.0 Å². The van der Waals surface area contributed by atoms with Crippen LogP contribution in [0.4, 0.5) is 0 Å². The fraction of sp³-hybridized carbons (Fsp3) is 0. The molecular weight excluding hydrogens is 624 g/mol. The van der Waals surface area contributed by atoms with Gasteiger partial charge in [0.25, 0.3) is 0 Å². The quantitative estimate of drug-likeness (QED) is 0.161. The zero-order valence-corrected chi connectivity index (χ0v) is 27.0. The summed E-state index contributed by atoms with van der Waals surface area (Å²) in [6, 6.07) is 65.0. The standard InChI is InChI=1S/2C18H15P.2ClH.Co/c2*1-4-10-16(11-5-1)19(17-12-6-2-7-13-17)18-14-8-3-9-15-18;;;/h2*1-15H;2*1H;/q;;;;+2. The maximum Gasteiger partial charge on any atom is 0.102 e. The van der Waals surface area contributed by atoms with Crippen LogP contribution in [0, 0.1) is 0 Å². The minimum atomic E-state index is -0.877. The summed E-state index contributed by atoms with van der Waals surface area (Å²) in [6.45, 7) is 0. The molecule has 41 heavy (non-hydrogen) atoms. The first-order valence-electron chi connectivity index (χ1n) is 13.2. The van der Waals surface area contributed by atoms with Crippen LogP contribution in [0.15, 0.2) is 182 Å². The van der Waals surface area contributed by atoms with Crippen molar-refractivity contribution in [1.29, 1.82) is 0 Å². The van der Waals surface area contributed by atoms with Crippen LogP contribution in [0.1, 0.15) is 0 Å². The second-order valence-corrected chi connectivity index (χ2v) is 15.7. The number of hydrogen-bond acceptors (Lipinski definition) is 0. The minimum absolute atomic E-state index is 0.382. The van der Waals surface area contributed by atoms with Gasteiger partial charge in [-0.1, -0.05) is 109 Å². The van der Waals surface area contributed by atoms with E-state index in [1.54, 1.807) is 0 Å². The van der Waals surface area contributed by atoms with E-state index in [0.717, 1.165) is 0 Å². The van der Waals surface area contributed by atoms with E-state index >= 15 is 0 Å². The Hall–Kier alpha value is -2.73. The van der Waals surface area contributed by atoms with Crippen LogP contribution in [-0.4, -0.2) is 0 Å². The summed E-state index contributed by atoms with van der Waals surface area (Å²) in [5.41, 5.74) is 0. The van der Waals surface area contributed by atoms with Gasteiger partial charge in [-0.3, -0.25) is 0 Å². The Morgan fingerprint density at radius 2 is 0.390 bits per heavy atom. The molecular formula is C36H32Cl2CoP2+2. The summed E-state index contributed by atoms with van der Waals surface area (Å²) in [6.07, 6.45) is 0. The van der Waals surface area contributed by atoms with Gasteiger partial charge in [0.2, 0.25) is 0 Å². The normalized spacial score (nSPS) is 10.3. The van der Waals surface area contributed by atoms with E-state index in [1.807, 2.05) is 0 Å². The average Bonchev–Trinajstić information content (AvgIpc) is 3.05. The maximum atomic E-state index is 4.73. The number of halogens is 2. The Balaban J connectivity index is 0.000000173. The molecule has 5 heteroatoms. The van der Waals surface area contributed by atoms with E-state index in [4.69, 9.17) is 20.3 Å². The summed E-state index contributed by atoms with van der Waals surface area (Å²) in [5, 5.41) is 8.61. The van der Waals surface area contributed by atoms with Gasteiger partial charge in [0.1, 0.15) is 31.8 Å². The van der Waals surface area contributed by atoms with Gasteiger partial charge in [-0.15, -0.1) is 0 Å². The molecule has 0 atom stereocenters. The first kappa shape index (κ1) is 31.2.